The summed E-state index contributed by atoms with van der Waals surface area (Å²) in [6.07, 6.45) is 2.26. The van der Waals surface area contributed by atoms with Crippen molar-refractivity contribution in [1.29, 1.82) is 0 Å². The zero-order valence-electron chi connectivity index (χ0n) is 11.7. The number of amides is 1. The molecule has 0 heterocycles. The first-order valence-electron chi connectivity index (χ1n) is 6.77. The highest BCUT2D eigenvalue weighted by Gasteiger charge is 2.11. The van der Waals surface area contributed by atoms with Gasteiger partial charge in [0.05, 0.1) is 6.04 Å². The lowest BCUT2D eigenvalue weighted by molar-refractivity contribution is -0.122. The van der Waals surface area contributed by atoms with Gasteiger partial charge in [0.15, 0.2) is 0 Å². The summed E-state index contributed by atoms with van der Waals surface area (Å²) in [6, 6.07) is 6.13. The number of nitrogens with two attached hydrogens (primary N) is 1. The molecule has 3 N–H and O–H groups in total. The van der Waals surface area contributed by atoms with Gasteiger partial charge in [0, 0.05) is 6.42 Å². The molecule has 2 atom stereocenters. The number of carbonyl (C=O) groups is 1. The van der Waals surface area contributed by atoms with Gasteiger partial charge in [-0.15, -0.1) is 0 Å². The van der Waals surface area contributed by atoms with E-state index in [1.165, 1.54) is 12.1 Å². The molecule has 0 spiro atoms. The van der Waals surface area contributed by atoms with Crippen molar-refractivity contribution in [2.24, 2.45) is 11.7 Å². The highest BCUT2D eigenvalue weighted by atomic mass is 19.1. The Kier molecular flexibility index (Phi) is 6.50. The average Bonchev–Trinajstić information content (AvgIpc) is 2.36. The van der Waals surface area contributed by atoms with Crippen LogP contribution in [0.4, 0.5) is 4.39 Å². The standard InChI is InChI=1S/C15H23FN2O/c1-11(8-9-17)6-7-15(19)18-12(2)13-4-3-5-14(16)10-13/h3-5,10-12H,6-9,17H2,1-2H3,(H,18,19). The van der Waals surface area contributed by atoms with E-state index in [4.69, 9.17) is 5.73 Å². The minimum atomic E-state index is -0.282. The second-order valence-electron chi connectivity index (χ2n) is 5.07. The smallest absolute Gasteiger partial charge is 0.220 e. The van der Waals surface area contributed by atoms with Gasteiger partial charge in [0.1, 0.15) is 5.82 Å². The zero-order chi connectivity index (χ0) is 14.3. The van der Waals surface area contributed by atoms with Crippen molar-refractivity contribution < 1.29 is 9.18 Å². The fourth-order valence-corrected chi connectivity index (χ4v) is 1.98. The lowest BCUT2D eigenvalue weighted by atomic mass is 10.0. The molecule has 19 heavy (non-hydrogen) atoms. The largest absolute Gasteiger partial charge is 0.350 e. The normalized spacial score (nSPS) is 13.9. The van der Waals surface area contributed by atoms with Crippen LogP contribution in [0.3, 0.4) is 0 Å². The van der Waals surface area contributed by atoms with Crippen LogP contribution in [0.25, 0.3) is 0 Å². The van der Waals surface area contributed by atoms with Crippen LogP contribution < -0.4 is 11.1 Å². The summed E-state index contributed by atoms with van der Waals surface area (Å²) in [5.41, 5.74) is 6.25. The Balaban J connectivity index is 2.40. The fourth-order valence-electron chi connectivity index (χ4n) is 1.98. The van der Waals surface area contributed by atoms with Crippen molar-refractivity contribution in [2.75, 3.05) is 6.54 Å². The molecule has 1 aromatic carbocycles. The minimum absolute atomic E-state index is 0.000586. The van der Waals surface area contributed by atoms with Gasteiger partial charge in [0.25, 0.3) is 0 Å². The van der Waals surface area contributed by atoms with Crippen molar-refractivity contribution >= 4 is 5.91 Å². The van der Waals surface area contributed by atoms with Gasteiger partial charge in [-0.1, -0.05) is 19.1 Å². The molecular weight excluding hydrogens is 243 g/mol. The van der Waals surface area contributed by atoms with Crippen molar-refractivity contribution in [3.8, 4) is 0 Å². The monoisotopic (exact) mass is 266 g/mol. The fraction of sp³-hybridized carbons (Fsp3) is 0.533. The summed E-state index contributed by atoms with van der Waals surface area (Å²) in [5, 5.41) is 2.88. The molecule has 0 aliphatic rings. The third-order valence-corrected chi connectivity index (χ3v) is 3.25. The molecule has 0 aliphatic carbocycles. The highest BCUT2D eigenvalue weighted by molar-refractivity contribution is 5.76. The topological polar surface area (TPSA) is 55.1 Å². The van der Waals surface area contributed by atoms with Crippen LogP contribution in [0, 0.1) is 11.7 Å². The first-order valence-corrected chi connectivity index (χ1v) is 6.77. The van der Waals surface area contributed by atoms with Gasteiger partial charge >= 0.3 is 0 Å². The first-order chi connectivity index (χ1) is 9.02. The molecule has 0 aliphatic heterocycles. The molecule has 106 valence electrons. The van der Waals surface area contributed by atoms with Crippen LogP contribution in [0.5, 0.6) is 0 Å². The Labute approximate surface area is 114 Å². The maximum absolute atomic E-state index is 13.1. The Hall–Kier alpha value is -1.42. The van der Waals surface area contributed by atoms with E-state index in [0.717, 1.165) is 18.4 Å². The summed E-state index contributed by atoms with van der Waals surface area (Å²) in [7, 11) is 0. The minimum Gasteiger partial charge on any atom is -0.350 e. The van der Waals surface area contributed by atoms with Crippen molar-refractivity contribution in [1.82, 2.24) is 5.32 Å². The molecule has 4 heteroatoms. The SMILES string of the molecule is CC(CCN)CCC(=O)NC(C)c1cccc(F)c1. The molecule has 0 saturated heterocycles. The number of halogens is 1. The van der Waals surface area contributed by atoms with Crippen molar-refractivity contribution in [3.05, 3.63) is 35.6 Å². The quantitative estimate of drug-likeness (QED) is 0.797. The van der Waals surface area contributed by atoms with Crippen LogP contribution in [0.15, 0.2) is 24.3 Å². The lowest BCUT2D eigenvalue weighted by Crippen LogP contribution is -2.27. The van der Waals surface area contributed by atoms with Crippen LogP contribution in [0.2, 0.25) is 0 Å². The van der Waals surface area contributed by atoms with E-state index in [2.05, 4.69) is 12.2 Å². The number of hydrogen-bond acceptors (Lipinski definition) is 2. The lowest BCUT2D eigenvalue weighted by Gasteiger charge is -2.15. The number of carbonyl (C=O) groups excluding carboxylic acids is 1. The molecule has 1 aromatic rings. The van der Waals surface area contributed by atoms with Gasteiger partial charge in [-0.25, -0.2) is 4.39 Å². The molecule has 0 aromatic heterocycles. The Morgan fingerprint density at radius 3 is 2.74 bits per heavy atom. The van der Waals surface area contributed by atoms with E-state index in [1.807, 2.05) is 13.0 Å². The third kappa shape index (κ3) is 5.83. The molecule has 1 rings (SSSR count). The molecule has 1 amide bonds. The van der Waals surface area contributed by atoms with Gasteiger partial charge in [-0.2, -0.15) is 0 Å². The maximum Gasteiger partial charge on any atom is 0.220 e. The summed E-state index contributed by atoms with van der Waals surface area (Å²) in [6.45, 7) is 4.61. The Bertz CT molecular complexity index is 409. The zero-order valence-corrected chi connectivity index (χ0v) is 11.7. The maximum atomic E-state index is 13.1. The van der Waals surface area contributed by atoms with Gasteiger partial charge in [-0.3, -0.25) is 4.79 Å². The molecule has 0 fully saturated rings. The van der Waals surface area contributed by atoms with Gasteiger partial charge in [-0.05, 0) is 49.9 Å². The summed E-state index contributed by atoms with van der Waals surface area (Å²) in [5.74, 6) is 0.177. The molecule has 3 nitrogen and oxygen atoms in total. The van der Waals surface area contributed by atoms with E-state index in [9.17, 15) is 9.18 Å². The average molecular weight is 266 g/mol. The number of rotatable bonds is 7. The predicted molar refractivity (Wildman–Crippen MR) is 75.0 cm³/mol. The highest BCUT2D eigenvalue weighted by Crippen LogP contribution is 2.14. The first kappa shape index (κ1) is 15.6. The summed E-state index contributed by atoms with van der Waals surface area (Å²) < 4.78 is 13.1. The van der Waals surface area contributed by atoms with E-state index in [-0.39, 0.29) is 17.8 Å². The third-order valence-electron chi connectivity index (χ3n) is 3.25. The second kappa shape index (κ2) is 7.89. The van der Waals surface area contributed by atoms with E-state index >= 15 is 0 Å². The van der Waals surface area contributed by atoms with Crippen LogP contribution in [-0.2, 0) is 4.79 Å². The predicted octanol–water partition coefficient (Wildman–Crippen LogP) is 2.77. The van der Waals surface area contributed by atoms with Crippen molar-refractivity contribution in [3.63, 3.8) is 0 Å². The van der Waals surface area contributed by atoms with E-state index in [0.29, 0.717) is 18.9 Å². The Morgan fingerprint density at radius 2 is 2.11 bits per heavy atom. The van der Waals surface area contributed by atoms with Gasteiger partial charge < -0.3 is 11.1 Å². The van der Waals surface area contributed by atoms with E-state index < -0.39 is 0 Å². The number of benzene rings is 1. The molecule has 0 saturated carbocycles. The van der Waals surface area contributed by atoms with Crippen LogP contribution in [-0.4, -0.2) is 12.5 Å². The number of nitrogens with one attached hydrogen (secondary N) is 1. The molecule has 0 bridgehead atoms. The summed E-state index contributed by atoms with van der Waals surface area (Å²) >= 11 is 0. The van der Waals surface area contributed by atoms with Gasteiger partial charge in [0.2, 0.25) is 5.91 Å². The molecule has 2 unspecified atom stereocenters. The molecule has 0 radical (unpaired) electrons. The van der Waals surface area contributed by atoms with Crippen molar-refractivity contribution in [2.45, 2.75) is 39.2 Å². The second-order valence-corrected chi connectivity index (χ2v) is 5.07. The van der Waals surface area contributed by atoms with E-state index in [1.54, 1.807) is 6.07 Å². The number of hydrogen-bond donors (Lipinski definition) is 2. The Morgan fingerprint density at radius 1 is 1.37 bits per heavy atom. The summed E-state index contributed by atoms with van der Waals surface area (Å²) in [4.78, 5) is 11.8. The van der Waals surface area contributed by atoms with Crippen LogP contribution >= 0.6 is 0 Å². The molecular formula is C15H23FN2O. The van der Waals surface area contributed by atoms with Crippen LogP contribution in [0.1, 0.15) is 44.7 Å².